The van der Waals surface area contributed by atoms with E-state index in [1.807, 2.05) is 0 Å². The lowest BCUT2D eigenvalue weighted by Crippen LogP contribution is -2.20. The van der Waals surface area contributed by atoms with Gasteiger partial charge in [-0.05, 0) is 56.2 Å². The zero-order valence-electron chi connectivity index (χ0n) is 16.6. The van der Waals surface area contributed by atoms with Gasteiger partial charge in [0.05, 0.1) is 11.1 Å². The van der Waals surface area contributed by atoms with Crippen molar-refractivity contribution in [2.45, 2.75) is 49.4 Å². The van der Waals surface area contributed by atoms with E-state index in [-0.39, 0.29) is 22.6 Å². The van der Waals surface area contributed by atoms with Crippen molar-refractivity contribution >= 4 is 35.0 Å². The van der Waals surface area contributed by atoms with Gasteiger partial charge in [-0.1, -0.05) is 18.5 Å². The van der Waals surface area contributed by atoms with Crippen LogP contribution in [0.3, 0.4) is 0 Å². The van der Waals surface area contributed by atoms with Gasteiger partial charge >= 0.3 is 0 Å². The lowest BCUT2D eigenvalue weighted by Gasteiger charge is -2.24. The molecule has 0 aliphatic heterocycles. The summed E-state index contributed by atoms with van der Waals surface area (Å²) in [4.78, 5) is 13.3. The highest BCUT2D eigenvalue weighted by Gasteiger charge is 2.35. The Kier molecular flexibility index (Phi) is 7.37. The van der Waals surface area contributed by atoms with Gasteiger partial charge in [-0.15, -0.1) is 11.8 Å². The van der Waals surface area contributed by atoms with Crippen molar-refractivity contribution in [1.82, 2.24) is 0 Å². The molecule has 0 bridgehead atoms. The summed E-state index contributed by atoms with van der Waals surface area (Å²) in [6, 6.07) is 6.21. The van der Waals surface area contributed by atoms with E-state index in [1.165, 1.54) is 6.07 Å². The Labute approximate surface area is 183 Å². The SMILES string of the molecule is CC(O)CC1CCC(C)C1Sc1cc(C(=O)Nc2cc(F)c(F)c(F)c2)ccc1Cl. The molecule has 1 aliphatic carbocycles. The molecule has 2 aromatic carbocycles. The summed E-state index contributed by atoms with van der Waals surface area (Å²) in [6.45, 7) is 3.95. The fourth-order valence-corrected chi connectivity index (χ4v) is 5.61. The third-order valence-electron chi connectivity index (χ3n) is 5.36. The Morgan fingerprint density at radius 1 is 1.23 bits per heavy atom. The van der Waals surface area contributed by atoms with Crippen molar-refractivity contribution in [3.8, 4) is 0 Å². The maximum atomic E-state index is 13.4. The van der Waals surface area contributed by atoms with E-state index in [9.17, 15) is 23.1 Å². The number of carbonyl (C=O) groups is 1. The summed E-state index contributed by atoms with van der Waals surface area (Å²) >= 11 is 7.95. The summed E-state index contributed by atoms with van der Waals surface area (Å²) < 4.78 is 39.9. The van der Waals surface area contributed by atoms with Gasteiger partial charge in [0, 0.05) is 33.5 Å². The summed E-state index contributed by atoms with van der Waals surface area (Å²) in [5.41, 5.74) is 0.0896. The minimum absolute atomic E-state index is 0.179. The number of aliphatic hydroxyl groups is 1. The van der Waals surface area contributed by atoms with E-state index in [0.717, 1.165) is 29.9 Å². The van der Waals surface area contributed by atoms with Gasteiger partial charge in [-0.3, -0.25) is 4.79 Å². The van der Waals surface area contributed by atoms with Crippen LogP contribution in [0.5, 0.6) is 0 Å². The van der Waals surface area contributed by atoms with E-state index in [1.54, 1.807) is 30.8 Å². The first-order chi connectivity index (χ1) is 14.2. The van der Waals surface area contributed by atoms with Crippen molar-refractivity contribution < 1.29 is 23.1 Å². The van der Waals surface area contributed by atoms with Gasteiger partial charge in [-0.2, -0.15) is 0 Å². The molecule has 4 unspecified atom stereocenters. The first kappa shape index (κ1) is 23.0. The van der Waals surface area contributed by atoms with Crippen LogP contribution < -0.4 is 5.32 Å². The number of amides is 1. The fourth-order valence-electron chi connectivity index (χ4n) is 3.89. The van der Waals surface area contributed by atoms with Crippen molar-refractivity contribution in [2.75, 3.05) is 5.32 Å². The molecule has 0 radical (unpaired) electrons. The molecule has 3 nitrogen and oxygen atoms in total. The van der Waals surface area contributed by atoms with E-state index >= 15 is 0 Å². The summed E-state index contributed by atoms with van der Waals surface area (Å²) in [5, 5.41) is 12.9. The second kappa shape index (κ2) is 9.62. The highest BCUT2D eigenvalue weighted by atomic mass is 35.5. The highest BCUT2D eigenvalue weighted by molar-refractivity contribution is 8.00. The smallest absolute Gasteiger partial charge is 0.255 e. The molecule has 1 aliphatic rings. The summed E-state index contributed by atoms with van der Waals surface area (Å²) in [5.74, 6) is -4.13. The molecule has 8 heteroatoms. The summed E-state index contributed by atoms with van der Waals surface area (Å²) in [6.07, 6.45) is 2.42. The molecule has 4 atom stereocenters. The van der Waals surface area contributed by atoms with E-state index in [4.69, 9.17) is 11.6 Å². The normalized spacial score (nSPS) is 22.2. The zero-order chi connectivity index (χ0) is 22.0. The van der Waals surface area contributed by atoms with Gasteiger partial charge in [0.25, 0.3) is 5.91 Å². The minimum atomic E-state index is -1.59. The molecule has 0 saturated heterocycles. The quantitative estimate of drug-likeness (QED) is 0.501. The molecule has 1 fully saturated rings. The van der Waals surface area contributed by atoms with Gasteiger partial charge in [0.2, 0.25) is 0 Å². The van der Waals surface area contributed by atoms with E-state index in [0.29, 0.717) is 23.3 Å². The zero-order valence-corrected chi connectivity index (χ0v) is 18.2. The molecule has 1 amide bonds. The molecule has 2 N–H and O–H groups in total. The number of halogens is 4. The molecule has 0 spiro atoms. The third-order valence-corrected chi connectivity index (χ3v) is 7.52. The molecular formula is C22H23ClF3NO2S. The first-order valence-corrected chi connectivity index (χ1v) is 11.0. The number of benzene rings is 2. The minimum Gasteiger partial charge on any atom is -0.393 e. The molecule has 162 valence electrons. The predicted molar refractivity (Wildman–Crippen MR) is 114 cm³/mol. The van der Waals surface area contributed by atoms with E-state index in [2.05, 4.69) is 12.2 Å². The molecule has 3 rings (SSSR count). The van der Waals surface area contributed by atoms with Crippen molar-refractivity contribution in [3.63, 3.8) is 0 Å². The van der Waals surface area contributed by atoms with Crippen LogP contribution in [0.25, 0.3) is 0 Å². The molecule has 1 saturated carbocycles. The number of rotatable bonds is 6. The number of nitrogens with one attached hydrogen (secondary N) is 1. The predicted octanol–water partition coefficient (Wildman–Crippen LogP) is 6.29. The molecule has 2 aromatic rings. The van der Waals surface area contributed by atoms with Crippen LogP contribution in [-0.2, 0) is 0 Å². The Morgan fingerprint density at radius 3 is 2.53 bits per heavy atom. The lowest BCUT2D eigenvalue weighted by atomic mass is 9.99. The lowest BCUT2D eigenvalue weighted by molar-refractivity contribution is 0.102. The Hall–Kier alpha value is -1.70. The number of anilines is 1. The third kappa shape index (κ3) is 5.31. The number of thioether (sulfide) groups is 1. The Morgan fingerprint density at radius 2 is 1.90 bits per heavy atom. The van der Waals surface area contributed by atoms with Gasteiger partial charge in [-0.25, -0.2) is 13.2 Å². The highest BCUT2D eigenvalue weighted by Crippen LogP contribution is 2.46. The van der Waals surface area contributed by atoms with Crippen molar-refractivity contribution in [2.24, 2.45) is 11.8 Å². The number of hydrogen-bond acceptors (Lipinski definition) is 3. The largest absolute Gasteiger partial charge is 0.393 e. The summed E-state index contributed by atoms with van der Waals surface area (Å²) in [7, 11) is 0. The van der Waals surface area contributed by atoms with Gasteiger partial charge in [0.15, 0.2) is 17.5 Å². The first-order valence-electron chi connectivity index (χ1n) is 9.76. The fraction of sp³-hybridized carbons (Fsp3) is 0.409. The maximum absolute atomic E-state index is 13.4. The monoisotopic (exact) mass is 457 g/mol. The van der Waals surface area contributed by atoms with Crippen LogP contribution in [-0.4, -0.2) is 22.4 Å². The maximum Gasteiger partial charge on any atom is 0.255 e. The molecule has 30 heavy (non-hydrogen) atoms. The van der Waals surface area contributed by atoms with E-state index < -0.39 is 23.4 Å². The number of hydrogen-bond donors (Lipinski definition) is 2. The van der Waals surface area contributed by atoms with Crippen LogP contribution in [0.4, 0.5) is 18.9 Å². The topological polar surface area (TPSA) is 49.3 Å². The second-order valence-electron chi connectivity index (χ2n) is 7.84. The molecule has 0 heterocycles. The molecule has 0 aromatic heterocycles. The average molecular weight is 458 g/mol. The standard InChI is InChI=1S/C22H23ClF3NO2S/c1-11-3-4-13(7-12(2)28)21(11)30-19-8-14(5-6-16(19)23)22(29)27-15-9-17(24)20(26)18(25)10-15/h5-6,8-13,21,28H,3-4,7H2,1-2H3,(H,27,29). The van der Waals surface area contributed by atoms with Gasteiger partial charge in [0.1, 0.15) is 0 Å². The number of carbonyl (C=O) groups excluding carboxylic acids is 1. The Bertz CT molecular complexity index is 918. The van der Waals surface area contributed by atoms with Crippen LogP contribution in [0, 0.1) is 29.3 Å². The second-order valence-corrected chi connectivity index (χ2v) is 9.46. The average Bonchev–Trinajstić information content (AvgIpc) is 3.00. The van der Waals surface area contributed by atoms with Crippen LogP contribution >= 0.6 is 23.4 Å². The van der Waals surface area contributed by atoms with Gasteiger partial charge < -0.3 is 10.4 Å². The van der Waals surface area contributed by atoms with Crippen molar-refractivity contribution in [3.05, 3.63) is 58.4 Å². The van der Waals surface area contributed by atoms with Crippen molar-refractivity contribution in [1.29, 1.82) is 0 Å². The van der Waals surface area contributed by atoms with Crippen LogP contribution in [0.15, 0.2) is 35.2 Å². The van der Waals surface area contributed by atoms with Crippen LogP contribution in [0.2, 0.25) is 5.02 Å². The van der Waals surface area contributed by atoms with Crippen LogP contribution in [0.1, 0.15) is 43.5 Å². The molecular weight excluding hydrogens is 435 g/mol. The Balaban J connectivity index is 1.78. The number of aliphatic hydroxyl groups excluding tert-OH is 1.